The molecule has 0 aliphatic carbocycles. The summed E-state index contributed by atoms with van der Waals surface area (Å²) in [5.41, 5.74) is 3.17. The highest BCUT2D eigenvalue weighted by Crippen LogP contribution is 2.22. The lowest BCUT2D eigenvalue weighted by Crippen LogP contribution is -2.47. The summed E-state index contributed by atoms with van der Waals surface area (Å²) in [6.45, 7) is 1.43. The molecule has 0 bridgehead atoms. The third-order valence-corrected chi connectivity index (χ3v) is 5.52. The molecule has 0 radical (unpaired) electrons. The van der Waals surface area contributed by atoms with Crippen LogP contribution in [0.25, 0.3) is 22.1 Å². The van der Waals surface area contributed by atoms with Crippen LogP contribution < -0.4 is 5.32 Å². The predicted molar refractivity (Wildman–Crippen MR) is 113 cm³/mol. The van der Waals surface area contributed by atoms with E-state index in [1.807, 2.05) is 47.5 Å². The van der Waals surface area contributed by atoms with Crippen LogP contribution >= 0.6 is 0 Å². The summed E-state index contributed by atoms with van der Waals surface area (Å²) in [6, 6.07) is 11.7. The number of hydrogen-bond acceptors (Lipinski definition) is 5. The van der Waals surface area contributed by atoms with Gasteiger partial charge in [0.1, 0.15) is 11.3 Å². The van der Waals surface area contributed by atoms with Crippen molar-refractivity contribution in [3.05, 3.63) is 60.6 Å². The maximum atomic E-state index is 13.2. The number of anilines is 1. The van der Waals surface area contributed by atoms with Crippen LogP contribution in [0.1, 0.15) is 29.6 Å². The molecule has 2 N–H and O–H groups in total. The highest BCUT2D eigenvalue weighted by Gasteiger charge is 2.27. The number of benzene rings is 1. The van der Waals surface area contributed by atoms with Crippen molar-refractivity contribution in [2.75, 3.05) is 18.4 Å². The maximum absolute atomic E-state index is 13.2. The van der Waals surface area contributed by atoms with Gasteiger partial charge in [-0.2, -0.15) is 0 Å². The minimum atomic E-state index is 0.0911. The van der Waals surface area contributed by atoms with Crippen LogP contribution in [0.4, 0.5) is 5.82 Å². The van der Waals surface area contributed by atoms with Crippen molar-refractivity contribution in [2.45, 2.75) is 25.3 Å². The standard InChI is InChI=1S/C22H22N6O/c29-22(16-6-7-18-15(12-16)8-10-23-18)28-11-2-1-4-17(28)13-25-20-14-26-21-19(27-20)5-3-9-24-21/h3,5-10,12,14,17,23H,1-2,4,11,13H2,(H,25,27). The van der Waals surface area contributed by atoms with Gasteiger partial charge in [0.2, 0.25) is 0 Å². The SMILES string of the molecule is O=C(c1ccc2[nH]ccc2c1)N1CCCCC1CNc1cnc2ncccc2n1. The number of carbonyl (C=O) groups excluding carboxylic acids is 1. The summed E-state index contributed by atoms with van der Waals surface area (Å²) in [4.78, 5) is 31.5. The Labute approximate surface area is 168 Å². The molecule has 1 saturated heterocycles. The summed E-state index contributed by atoms with van der Waals surface area (Å²) in [7, 11) is 0. The van der Waals surface area contributed by atoms with Crippen LogP contribution in [-0.2, 0) is 0 Å². The van der Waals surface area contributed by atoms with Crippen molar-refractivity contribution in [2.24, 2.45) is 0 Å². The molecule has 7 nitrogen and oxygen atoms in total. The van der Waals surface area contributed by atoms with E-state index in [0.717, 1.165) is 47.8 Å². The zero-order valence-electron chi connectivity index (χ0n) is 16.0. The van der Waals surface area contributed by atoms with Gasteiger partial charge < -0.3 is 15.2 Å². The lowest BCUT2D eigenvalue weighted by Gasteiger charge is -2.36. The number of fused-ring (bicyclic) bond motifs is 2. The third kappa shape index (κ3) is 3.51. The summed E-state index contributed by atoms with van der Waals surface area (Å²) < 4.78 is 0. The first-order valence-electron chi connectivity index (χ1n) is 9.98. The van der Waals surface area contributed by atoms with Crippen LogP contribution in [0.15, 0.2) is 55.0 Å². The lowest BCUT2D eigenvalue weighted by molar-refractivity contribution is 0.0628. The zero-order valence-corrected chi connectivity index (χ0v) is 16.0. The minimum absolute atomic E-state index is 0.0911. The number of pyridine rings is 1. The Morgan fingerprint density at radius 3 is 3.14 bits per heavy atom. The molecule has 1 atom stereocenters. The summed E-state index contributed by atoms with van der Waals surface area (Å²) >= 11 is 0. The van der Waals surface area contributed by atoms with Gasteiger partial charge in [-0.25, -0.2) is 15.0 Å². The van der Waals surface area contributed by atoms with E-state index in [0.29, 0.717) is 18.0 Å². The fourth-order valence-electron chi connectivity index (χ4n) is 4.00. The van der Waals surface area contributed by atoms with Crippen LogP contribution in [0.2, 0.25) is 0 Å². The molecule has 29 heavy (non-hydrogen) atoms. The molecule has 3 aromatic heterocycles. The molecule has 0 spiro atoms. The molecule has 0 saturated carbocycles. The van der Waals surface area contributed by atoms with E-state index in [9.17, 15) is 4.79 Å². The van der Waals surface area contributed by atoms with Crippen molar-refractivity contribution < 1.29 is 4.79 Å². The number of aromatic amines is 1. The number of rotatable bonds is 4. The Balaban J connectivity index is 1.32. The van der Waals surface area contributed by atoms with E-state index in [1.165, 1.54) is 0 Å². The van der Waals surface area contributed by atoms with Crippen molar-refractivity contribution in [1.29, 1.82) is 0 Å². The molecule has 1 unspecified atom stereocenters. The first-order chi connectivity index (χ1) is 14.3. The second kappa shape index (κ2) is 7.50. The highest BCUT2D eigenvalue weighted by molar-refractivity contribution is 5.98. The number of nitrogens with zero attached hydrogens (tertiary/aromatic N) is 4. The Bertz CT molecular complexity index is 1170. The Hall–Kier alpha value is -3.48. The fraction of sp³-hybridized carbons (Fsp3) is 0.273. The predicted octanol–water partition coefficient (Wildman–Crippen LogP) is 3.61. The molecule has 5 rings (SSSR count). The summed E-state index contributed by atoms with van der Waals surface area (Å²) in [6.07, 6.45) is 8.45. The second-order valence-corrected chi connectivity index (χ2v) is 7.41. The largest absolute Gasteiger partial charge is 0.367 e. The smallest absolute Gasteiger partial charge is 0.254 e. The molecule has 7 heteroatoms. The molecule has 4 aromatic rings. The van der Waals surface area contributed by atoms with Gasteiger partial charge in [0.25, 0.3) is 5.91 Å². The van der Waals surface area contributed by atoms with E-state index in [1.54, 1.807) is 12.4 Å². The van der Waals surface area contributed by atoms with E-state index in [4.69, 9.17) is 0 Å². The first kappa shape index (κ1) is 17.6. The summed E-state index contributed by atoms with van der Waals surface area (Å²) in [5, 5.41) is 4.43. The van der Waals surface area contributed by atoms with Crippen LogP contribution in [-0.4, -0.2) is 49.9 Å². The van der Waals surface area contributed by atoms with Crippen molar-refractivity contribution in [3.63, 3.8) is 0 Å². The average molecular weight is 386 g/mol. The second-order valence-electron chi connectivity index (χ2n) is 7.41. The lowest BCUT2D eigenvalue weighted by atomic mass is 10.00. The molecular weight excluding hydrogens is 364 g/mol. The van der Waals surface area contributed by atoms with E-state index >= 15 is 0 Å². The molecule has 146 valence electrons. The highest BCUT2D eigenvalue weighted by atomic mass is 16.2. The molecule has 1 aliphatic rings. The molecule has 1 fully saturated rings. The van der Waals surface area contributed by atoms with Gasteiger partial charge >= 0.3 is 0 Å². The van der Waals surface area contributed by atoms with Gasteiger partial charge in [-0.15, -0.1) is 0 Å². The average Bonchev–Trinajstić information content (AvgIpc) is 3.25. The van der Waals surface area contributed by atoms with Gasteiger partial charge in [0, 0.05) is 48.0 Å². The first-order valence-corrected chi connectivity index (χ1v) is 9.98. The third-order valence-electron chi connectivity index (χ3n) is 5.52. The fourth-order valence-corrected chi connectivity index (χ4v) is 4.00. The maximum Gasteiger partial charge on any atom is 0.254 e. The minimum Gasteiger partial charge on any atom is -0.367 e. The monoisotopic (exact) mass is 386 g/mol. The van der Waals surface area contributed by atoms with Gasteiger partial charge in [-0.3, -0.25) is 4.79 Å². The van der Waals surface area contributed by atoms with Crippen molar-refractivity contribution in [3.8, 4) is 0 Å². The molecule has 1 aliphatic heterocycles. The van der Waals surface area contributed by atoms with Crippen LogP contribution in [0.5, 0.6) is 0 Å². The number of H-pyrrole nitrogens is 1. The van der Waals surface area contributed by atoms with Crippen LogP contribution in [0, 0.1) is 0 Å². The number of carbonyl (C=O) groups is 1. The molecule has 4 heterocycles. The number of hydrogen-bond donors (Lipinski definition) is 2. The van der Waals surface area contributed by atoms with E-state index < -0.39 is 0 Å². The Morgan fingerprint density at radius 2 is 2.17 bits per heavy atom. The normalized spacial score (nSPS) is 17.0. The number of aromatic nitrogens is 4. The quantitative estimate of drug-likeness (QED) is 0.559. The molecule has 1 aromatic carbocycles. The Kier molecular flexibility index (Phi) is 4.56. The van der Waals surface area contributed by atoms with Gasteiger partial charge in [0.05, 0.1) is 6.20 Å². The van der Waals surface area contributed by atoms with E-state index in [-0.39, 0.29) is 11.9 Å². The number of piperidine rings is 1. The number of nitrogens with one attached hydrogen (secondary N) is 2. The van der Waals surface area contributed by atoms with Crippen molar-refractivity contribution >= 4 is 33.8 Å². The zero-order chi connectivity index (χ0) is 19.6. The number of amides is 1. The topological polar surface area (TPSA) is 86.8 Å². The Morgan fingerprint density at radius 1 is 1.21 bits per heavy atom. The van der Waals surface area contributed by atoms with Gasteiger partial charge in [-0.1, -0.05) is 0 Å². The van der Waals surface area contributed by atoms with E-state index in [2.05, 4.69) is 25.3 Å². The number of likely N-dealkylation sites (tertiary alicyclic amines) is 1. The van der Waals surface area contributed by atoms with Crippen molar-refractivity contribution in [1.82, 2.24) is 24.8 Å². The molecule has 1 amide bonds. The summed E-state index contributed by atoms with van der Waals surface area (Å²) in [5.74, 6) is 0.797. The molecular formula is C22H22N6O. The van der Waals surface area contributed by atoms with Gasteiger partial charge in [0.15, 0.2) is 5.65 Å². The van der Waals surface area contributed by atoms with Crippen LogP contribution in [0.3, 0.4) is 0 Å². The van der Waals surface area contributed by atoms with Gasteiger partial charge in [-0.05, 0) is 55.7 Å².